The van der Waals surface area contributed by atoms with E-state index in [2.05, 4.69) is 27.0 Å². The summed E-state index contributed by atoms with van der Waals surface area (Å²) in [4.78, 5) is 14.3. The van der Waals surface area contributed by atoms with Gasteiger partial charge in [-0.2, -0.15) is 5.48 Å². The molecule has 0 heterocycles. The van der Waals surface area contributed by atoms with Crippen LogP contribution in [0.5, 0.6) is 0 Å². The third-order valence-corrected chi connectivity index (χ3v) is 0.674. The Morgan fingerprint density at radius 2 is 2.40 bits per heavy atom. The van der Waals surface area contributed by atoms with Crippen LogP contribution in [-0.2, 0) is 14.1 Å². The predicted octanol–water partition coefficient (Wildman–Crippen LogP) is 0.831. The lowest BCUT2D eigenvalue weighted by molar-refractivity contribution is -0.231. The summed E-state index contributed by atoms with van der Waals surface area (Å²) in [7, 11) is 0. The molecule has 0 aromatic rings. The first-order chi connectivity index (χ1) is 4.81. The highest BCUT2D eigenvalue weighted by Gasteiger charge is 1.98. The highest BCUT2D eigenvalue weighted by molar-refractivity contribution is 7.74. The summed E-state index contributed by atoms with van der Waals surface area (Å²) in [6.07, 6.45) is 0.0608. The third-order valence-electron chi connectivity index (χ3n) is 0.600. The van der Waals surface area contributed by atoms with E-state index in [0.717, 1.165) is 6.42 Å². The molecule has 0 saturated heterocycles. The Kier molecular flexibility index (Phi) is 6.35. The number of rotatable bonds is 4. The minimum absolute atomic E-state index is 0.349. The minimum atomic E-state index is -0.698. The van der Waals surface area contributed by atoms with Gasteiger partial charge in [0.15, 0.2) is 0 Å². The molecule has 6 heteroatoms. The molecule has 0 radical (unpaired) electrons. The first-order valence-electron chi connectivity index (χ1n) is 2.71. The lowest BCUT2D eigenvalue weighted by Crippen LogP contribution is -2.23. The standard InChI is InChI=1S/C4H9NO4S/c1-2-3-7-4(6)5-8-9-10/h10H,2-3H2,1H3,(H,5,6). The van der Waals surface area contributed by atoms with Crippen LogP contribution in [-0.4, -0.2) is 12.7 Å². The average Bonchev–Trinajstić information content (AvgIpc) is 1.97. The van der Waals surface area contributed by atoms with Crippen molar-refractivity contribution >= 4 is 19.0 Å². The molecule has 0 aliphatic carbocycles. The van der Waals surface area contributed by atoms with Crippen LogP contribution in [0.15, 0.2) is 0 Å². The number of nitrogens with one attached hydrogen (secondary N) is 1. The van der Waals surface area contributed by atoms with Crippen LogP contribution in [0.25, 0.3) is 0 Å². The molecule has 1 amide bonds. The molecule has 0 unspecified atom stereocenters. The predicted molar refractivity (Wildman–Crippen MR) is 35.9 cm³/mol. The van der Waals surface area contributed by atoms with Crippen LogP contribution < -0.4 is 5.48 Å². The normalized spacial score (nSPS) is 9.00. The van der Waals surface area contributed by atoms with Crippen LogP contribution >= 0.6 is 12.9 Å². The van der Waals surface area contributed by atoms with Gasteiger partial charge in [0.05, 0.1) is 6.61 Å². The van der Waals surface area contributed by atoms with Gasteiger partial charge in [-0.1, -0.05) is 11.9 Å². The zero-order valence-electron chi connectivity index (χ0n) is 5.49. The highest BCUT2D eigenvalue weighted by atomic mass is 32.1. The zero-order valence-corrected chi connectivity index (χ0v) is 6.39. The van der Waals surface area contributed by atoms with Crippen molar-refractivity contribution in [2.45, 2.75) is 13.3 Å². The molecule has 5 nitrogen and oxygen atoms in total. The fourth-order valence-electron chi connectivity index (χ4n) is 0.277. The van der Waals surface area contributed by atoms with Crippen molar-refractivity contribution in [1.29, 1.82) is 0 Å². The molecule has 10 heavy (non-hydrogen) atoms. The second-order valence-electron chi connectivity index (χ2n) is 1.40. The lowest BCUT2D eigenvalue weighted by atomic mass is 10.5. The molecule has 0 saturated carbocycles. The topological polar surface area (TPSA) is 56.8 Å². The fraction of sp³-hybridized carbons (Fsp3) is 0.750. The van der Waals surface area contributed by atoms with Crippen molar-refractivity contribution in [3.8, 4) is 0 Å². The van der Waals surface area contributed by atoms with Crippen molar-refractivity contribution in [1.82, 2.24) is 5.48 Å². The van der Waals surface area contributed by atoms with Gasteiger partial charge >= 0.3 is 6.09 Å². The molecular weight excluding hydrogens is 158 g/mol. The Labute approximate surface area is 64.1 Å². The van der Waals surface area contributed by atoms with Crippen LogP contribution in [0.4, 0.5) is 4.79 Å². The second-order valence-corrected chi connectivity index (χ2v) is 1.54. The average molecular weight is 167 g/mol. The molecule has 0 aromatic carbocycles. The molecule has 1 N–H and O–H groups in total. The van der Waals surface area contributed by atoms with Gasteiger partial charge in [-0.3, -0.25) is 0 Å². The second kappa shape index (κ2) is 6.66. The summed E-state index contributed by atoms with van der Waals surface area (Å²) in [6, 6.07) is 0. The summed E-state index contributed by atoms with van der Waals surface area (Å²) >= 11 is 3.19. The van der Waals surface area contributed by atoms with E-state index in [1.165, 1.54) is 0 Å². The van der Waals surface area contributed by atoms with Crippen molar-refractivity contribution in [3.05, 3.63) is 0 Å². The molecule has 0 aliphatic rings. The van der Waals surface area contributed by atoms with Crippen molar-refractivity contribution in [3.63, 3.8) is 0 Å². The third kappa shape index (κ3) is 5.67. The number of thiol groups is 1. The van der Waals surface area contributed by atoms with Gasteiger partial charge in [0.25, 0.3) is 0 Å². The molecule has 0 fully saturated rings. The smallest absolute Gasteiger partial charge is 0.433 e. The van der Waals surface area contributed by atoms with Gasteiger partial charge < -0.3 is 4.74 Å². The van der Waals surface area contributed by atoms with E-state index in [1.54, 1.807) is 0 Å². The lowest BCUT2D eigenvalue weighted by Gasteiger charge is -2.01. The maximum atomic E-state index is 10.4. The molecular formula is C4H9NO4S. The molecule has 60 valence electrons. The van der Waals surface area contributed by atoms with E-state index >= 15 is 0 Å². The van der Waals surface area contributed by atoms with Crippen molar-refractivity contribution in [2.75, 3.05) is 6.61 Å². The molecule has 0 atom stereocenters. The molecule has 0 spiro atoms. The van der Waals surface area contributed by atoms with Gasteiger partial charge in [-0.25, -0.2) is 4.79 Å². The van der Waals surface area contributed by atoms with E-state index in [0.29, 0.717) is 6.61 Å². The zero-order chi connectivity index (χ0) is 7.82. The summed E-state index contributed by atoms with van der Waals surface area (Å²) in [6.45, 7) is 2.23. The Morgan fingerprint density at radius 3 is 2.90 bits per heavy atom. The van der Waals surface area contributed by atoms with Crippen molar-refractivity contribution < 1.29 is 18.9 Å². The van der Waals surface area contributed by atoms with E-state index in [9.17, 15) is 4.79 Å². The Morgan fingerprint density at radius 1 is 1.70 bits per heavy atom. The maximum Gasteiger partial charge on any atom is 0.433 e. The monoisotopic (exact) mass is 167 g/mol. The number of ether oxygens (including phenoxy) is 1. The first-order valence-corrected chi connectivity index (χ1v) is 3.07. The first kappa shape index (κ1) is 9.54. The van der Waals surface area contributed by atoms with E-state index < -0.39 is 6.09 Å². The van der Waals surface area contributed by atoms with Gasteiger partial charge in [0, 0.05) is 12.9 Å². The highest BCUT2D eigenvalue weighted by Crippen LogP contribution is 1.83. The molecule has 0 aliphatic heterocycles. The van der Waals surface area contributed by atoms with Crippen LogP contribution in [0.3, 0.4) is 0 Å². The van der Waals surface area contributed by atoms with Crippen molar-refractivity contribution in [2.24, 2.45) is 0 Å². The summed E-state index contributed by atoms with van der Waals surface area (Å²) < 4.78 is 8.28. The Balaban J connectivity index is 3.09. The van der Waals surface area contributed by atoms with Gasteiger partial charge in [0.1, 0.15) is 0 Å². The Bertz CT molecular complexity index is 89.3. The molecule has 0 rings (SSSR count). The molecule has 0 bridgehead atoms. The maximum absolute atomic E-state index is 10.4. The fourth-order valence-corrected chi connectivity index (χ4v) is 0.314. The van der Waals surface area contributed by atoms with Crippen LogP contribution in [0, 0.1) is 0 Å². The number of carbonyl (C=O) groups is 1. The quantitative estimate of drug-likeness (QED) is 0.282. The summed E-state index contributed by atoms with van der Waals surface area (Å²) in [5.41, 5.74) is 1.81. The van der Waals surface area contributed by atoms with Gasteiger partial charge in [-0.15, -0.1) is 4.33 Å². The minimum Gasteiger partial charge on any atom is -0.448 e. The van der Waals surface area contributed by atoms with E-state index in [-0.39, 0.29) is 0 Å². The van der Waals surface area contributed by atoms with E-state index in [1.807, 2.05) is 12.4 Å². The number of carbonyl (C=O) groups excluding carboxylic acids is 1. The number of hydrogen-bond donors (Lipinski definition) is 2. The van der Waals surface area contributed by atoms with Crippen LogP contribution in [0.2, 0.25) is 0 Å². The SMILES string of the molecule is CCCOC(=O)NOOS. The Hall–Kier alpha value is -0.460. The van der Waals surface area contributed by atoms with Gasteiger partial charge in [0.2, 0.25) is 0 Å². The summed E-state index contributed by atoms with van der Waals surface area (Å²) in [5, 5.41) is 0. The summed E-state index contributed by atoms with van der Waals surface area (Å²) in [5.74, 6) is 0. The molecule has 0 aromatic heterocycles. The number of hydroxylamine groups is 1. The largest absolute Gasteiger partial charge is 0.448 e. The van der Waals surface area contributed by atoms with Crippen LogP contribution in [0.1, 0.15) is 13.3 Å². The number of amides is 1. The number of hydrogen-bond acceptors (Lipinski definition) is 5. The van der Waals surface area contributed by atoms with E-state index in [4.69, 9.17) is 0 Å². The van der Waals surface area contributed by atoms with Gasteiger partial charge in [-0.05, 0) is 6.42 Å².